The zero-order chi connectivity index (χ0) is 13.7. The average molecular weight is 323 g/mol. The van der Waals surface area contributed by atoms with E-state index in [0.717, 1.165) is 0 Å². The van der Waals surface area contributed by atoms with E-state index in [2.05, 4.69) is 20.7 Å². The first-order valence-corrected chi connectivity index (χ1v) is 6.43. The van der Waals surface area contributed by atoms with Crippen LogP contribution in [-0.4, -0.2) is 19.2 Å². The number of benzene rings is 1. The van der Waals surface area contributed by atoms with Gasteiger partial charge in [0.25, 0.3) is 0 Å². The summed E-state index contributed by atoms with van der Waals surface area (Å²) in [6.07, 6.45) is 0. The topological polar surface area (TPSA) is 35.5 Å². The molecule has 3 nitrogen and oxygen atoms in total. The largest absolute Gasteiger partial charge is 0.462 e. The van der Waals surface area contributed by atoms with E-state index in [1.807, 2.05) is 0 Å². The Bertz CT molecular complexity index is 436. The number of hydrogen-bond acceptors (Lipinski definition) is 3. The number of alkyl halides is 3. The summed E-state index contributed by atoms with van der Waals surface area (Å²) in [4.78, 5) is 11.7. The van der Waals surface area contributed by atoms with Gasteiger partial charge in [-0.1, -0.05) is 22.0 Å². The Balaban J connectivity index is 3.17. The van der Waals surface area contributed by atoms with Gasteiger partial charge in [0.2, 0.25) is 0 Å². The summed E-state index contributed by atoms with van der Waals surface area (Å²) in [5.74, 6) is -0.566. The van der Waals surface area contributed by atoms with Gasteiger partial charge in [-0.3, -0.25) is 0 Å². The Morgan fingerprint density at radius 1 is 1.44 bits per heavy atom. The second kappa shape index (κ2) is 6.68. The molecule has 0 amide bonds. The molecule has 0 aliphatic rings. The van der Waals surface area contributed by atoms with Crippen molar-refractivity contribution in [3.63, 3.8) is 0 Å². The van der Waals surface area contributed by atoms with Gasteiger partial charge in [-0.2, -0.15) is 8.78 Å². The van der Waals surface area contributed by atoms with E-state index in [1.54, 1.807) is 19.9 Å². The molecule has 0 saturated carbocycles. The van der Waals surface area contributed by atoms with Crippen molar-refractivity contribution in [1.82, 2.24) is 0 Å². The van der Waals surface area contributed by atoms with Gasteiger partial charge in [0.1, 0.15) is 5.75 Å². The van der Waals surface area contributed by atoms with Crippen LogP contribution in [0.5, 0.6) is 5.75 Å². The lowest BCUT2D eigenvalue weighted by molar-refractivity contribution is -0.0503. The van der Waals surface area contributed by atoms with Crippen molar-refractivity contribution in [2.75, 3.05) is 6.61 Å². The zero-order valence-corrected chi connectivity index (χ0v) is 11.6. The van der Waals surface area contributed by atoms with E-state index < -0.39 is 12.6 Å². The fourth-order valence-electron chi connectivity index (χ4n) is 1.48. The molecule has 0 N–H and O–H groups in total. The number of carbonyl (C=O) groups excluding carboxylic acids is 1. The first kappa shape index (κ1) is 14.9. The fourth-order valence-corrected chi connectivity index (χ4v) is 1.94. The minimum absolute atomic E-state index is 0.0160. The van der Waals surface area contributed by atoms with Gasteiger partial charge in [-0.15, -0.1) is 0 Å². The number of carbonyl (C=O) groups is 1. The molecule has 100 valence electrons. The molecule has 0 aliphatic heterocycles. The van der Waals surface area contributed by atoms with Crippen LogP contribution in [0.15, 0.2) is 12.1 Å². The number of aryl methyl sites for hydroxylation is 1. The Kier molecular flexibility index (Phi) is 5.53. The lowest BCUT2D eigenvalue weighted by atomic mass is 10.0. The molecule has 18 heavy (non-hydrogen) atoms. The van der Waals surface area contributed by atoms with Gasteiger partial charge in [-0.05, 0) is 31.0 Å². The van der Waals surface area contributed by atoms with Crippen molar-refractivity contribution < 1.29 is 23.0 Å². The smallest absolute Gasteiger partial charge is 0.387 e. The maximum Gasteiger partial charge on any atom is 0.387 e. The van der Waals surface area contributed by atoms with E-state index >= 15 is 0 Å². The van der Waals surface area contributed by atoms with Crippen molar-refractivity contribution in [1.29, 1.82) is 0 Å². The van der Waals surface area contributed by atoms with Crippen LogP contribution in [0, 0.1) is 6.92 Å². The molecule has 0 bridgehead atoms. The van der Waals surface area contributed by atoms with Crippen molar-refractivity contribution in [3.8, 4) is 5.75 Å². The van der Waals surface area contributed by atoms with Gasteiger partial charge in [0, 0.05) is 5.33 Å². The fraction of sp³-hybridized carbons (Fsp3) is 0.417. The standard InChI is InChI=1S/C12H13BrF2O3/c1-3-17-11(16)9-5-10(18-12(14)15)7(2)4-8(9)6-13/h4-5,12H,3,6H2,1-2H3. The monoisotopic (exact) mass is 322 g/mol. The molecule has 1 aromatic carbocycles. The summed E-state index contributed by atoms with van der Waals surface area (Å²) in [5, 5.41) is 0.428. The number of ether oxygens (including phenoxy) is 2. The number of halogens is 3. The molecule has 0 atom stereocenters. The number of rotatable bonds is 5. The van der Waals surface area contributed by atoms with Gasteiger partial charge in [0.05, 0.1) is 12.2 Å². The first-order valence-electron chi connectivity index (χ1n) is 5.31. The summed E-state index contributed by atoms with van der Waals surface area (Å²) in [7, 11) is 0. The molecule has 0 saturated heterocycles. The Morgan fingerprint density at radius 2 is 2.11 bits per heavy atom. The van der Waals surface area contributed by atoms with Gasteiger partial charge >= 0.3 is 12.6 Å². The molecule has 0 heterocycles. The quantitative estimate of drug-likeness (QED) is 0.613. The van der Waals surface area contributed by atoms with E-state index in [4.69, 9.17) is 4.74 Å². The molecule has 1 rings (SSSR count). The molecule has 0 spiro atoms. The summed E-state index contributed by atoms with van der Waals surface area (Å²) >= 11 is 3.24. The molecule has 0 aliphatic carbocycles. The SMILES string of the molecule is CCOC(=O)c1cc(OC(F)F)c(C)cc1CBr. The van der Waals surface area contributed by atoms with Crippen molar-refractivity contribution in [3.05, 3.63) is 28.8 Å². The van der Waals surface area contributed by atoms with Gasteiger partial charge in [0.15, 0.2) is 0 Å². The normalized spacial score (nSPS) is 10.6. The van der Waals surface area contributed by atoms with Crippen LogP contribution >= 0.6 is 15.9 Å². The Morgan fingerprint density at radius 3 is 2.61 bits per heavy atom. The van der Waals surface area contributed by atoms with Crippen LogP contribution in [0.4, 0.5) is 8.78 Å². The van der Waals surface area contributed by atoms with Crippen LogP contribution < -0.4 is 4.74 Å². The lowest BCUT2D eigenvalue weighted by Crippen LogP contribution is -2.10. The summed E-state index contributed by atoms with van der Waals surface area (Å²) in [6.45, 7) is 0.614. The second-order valence-corrected chi connectivity index (χ2v) is 4.07. The minimum Gasteiger partial charge on any atom is -0.462 e. The van der Waals surface area contributed by atoms with E-state index in [9.17, 15) is 13.6 Å². The summed E-state index contributed by atoms with van der Waals surface area (Å²) in [6, 6.07) is 2.91. The van der Waals surface area contributed by atoms with Crippen molar-refractivity contribution >= 4 is 21.9 Å². The number of hydrogen-bond donors (Lipinski definition) is 0. The Hall–Kier alpha value is -1.17. The highest BCUT2D eigenvalue weighted by molar-refractivity contribution is 9.08. The highest BCUT2D eigenvalue weighted by Crippen LogP contribution is 2.26. The third-order valence-electron chi connectivity index (χ3n) is 2.26. The molecule has 0 radical (unpaired) electrons. The van der Waals surface area contributed by atoms with Crippen LogP contribution in [-0.2, 0) is 10.1 Å². The minimum atomic E-state index is -2.92. The third kappa shape index (κ3) is 3.66. The van der Waals surface area contributed by atoms with Crippen LogP contribution in [0.2, 0.25) is 0 Å². The van der Waals surface area contributed by atoms with Crippen molar-refractivity contribution in [2.24, 2.45) is 0 Å². The lowest BCUT2D eigenvalue weighted by Gasteiger charge is -2.13. The van der Waals surface area contributed by atoms with Gasteiger partial charge in [-0.25, -0.2) is 4.79 Å². The maximum absolute atomic E-state index is 12.2. The highest BCUT2D eigenvalue weighted by Gasteiger charge is 2.17. The molecule has 0 fully saturated rings. The van der Waals surface area contributed by atoms with Crippen molar-refractivity contribution in [2.45, 2.75) is 25.8 Å². The zero-order valence-electron chi connectivity index (χ0n) is 10.0. The molecule has 6 heteroatoms. The molecular weight excluding hydrogens is 310 g/mol. The molecule has 1 aromatic rings. The first-order chi connectivity index (χ1) is 8.49. The average Bonchev–Trinajstić information content (AvgIpc) is 2.30. The van der Waals surface area contributed by atoms with E-state index in [1.165, 1.54) is 6.07 Å². The number of esters is 1. The predicted molar refractivity (Wildman–Crippen MR) is 66.4 cm³/mol. The third-order valence-corrected chi connectivity index (χ3v) is 2.86. The maximum atomic E-state index is 12.2. The van der Waals surface area contributed by atoms with Crippen LogP contribution in [0.3, 0.4) is 0 Å². The second-order valence-electron chi connectivity index (χ2n) is 3.51. The van der Waals surface area contributed by atoms with Crippen LogP contribution in [0.1, 0.15) is 28.4 Å². The van der Waals surface area contributed by atoms with E-state index in [0.29, 0.717) is 16.5 Å². The summed E-state index contributed by atoms with van der Waals surface area (Å²) in [5.41, 5.74) is 1.44. The Labute approximate surface area is 112 Å². The van der Waals surface area contributed by atoms with E-state index in [-0.39, 0.29) is 17.9 Å². The predicted octanol–water partition coefficient (Wildman–Crippen LogP) is 3.67. The summed E-state index contributed by atoms with van der Waals surface area (Å²) < 4.78 is 33.7. The molecular formula is C12H13BrF2O3. The van der Waals surface area contributed by atoms with Crippen LogP contribution in [0.25, 0.3) is 0 Å². The molecule has 0 unspecified atom stereocenters. The van der Waals surface area contributed by atoms with Gasteiger partial charge < -0.3 is 9.47 Å². The molecule has 0 aromatic heterocycles. The highest BCUT2D eigenvalue weighted by atomic mass is 79.9.